The van der Waals surface area contributed by atoms with Crippen molar-refractivity contribution >= 4 is 0 Å². The molecule has 7 nitrogen and oxygen atoms in total. The van der Waals surface area contributed by atoms with Crippen LogP contribution in [0.25, 0.3) is 11.4 Å². The van der Waals surface area contributed by atoms with E-state index in [1.165, 1.54) is 12.7 Å². The van der Waals surface area contributed by atoms with Crippen LogP contribution in [0.2, 0.25) is 0 Å². The maximum Gasteiger partial charge on any atom is 2.00 e. The molecule has 0 unspecified atom stereocenters. The third-order valence-electron chi connectivity index (χ3n) is 4.94. The Bertz CT molecular complexity index is 1080. The van der Waals surface area contributed by atoms with Crippen molar-refractivity contribution < 1.29 is 25.8 Å². The summed E-state index contributed by atoms with van der Waals surface area (Å²) in [7, 11) is 0. The van der Waals surface area contributed by atoms with Gasteiger partial charge in [-0.15, -0.1) is 47.5 Å². The second-order valence-electron chi connectivity index (χ2n) is 9.52. The molecular formula is C24H26N6OPt. The summed E-state index contributed by atoms with van der Waals surface area (Å²) in [4.78, 5) is 8.10. The predicted molar refractivity (Wildman–Crippen MR) is 118 cm³/mol. The van der Waals surface area contributed by atoms with E-state index in [-0.39, 0.29) is 31.9 Å². The first-order chi connectivity index (χ1) is 14.6. The van der Waals surface area contributed by atoms with Crippen LogP contribution in [0.1, 0.15) is 52.7 Å². The van der Waals surface area contributed by atoms with Gasteiger partial charge in [0.15, 0.2) is 0 Å². The van der Waals surface area contributed by atoms with Gasteiger partial charge in [-0.2, -0.15) is 10.2 Å². The van der Waals surface area contributed by atoms with Gasteiger partial charge in [-0.05, 0) is 22.2 Å². The zero-order chi connectivity index (χ0) is 22.2. The number of benzene rings is 2. The van der Waals surface area contributed by atoms with Crippen LogP contribution in [0.4, 0.5) is 0 Å². The molecule has 4 aromatic rings. The van der Waals surface area contributed by atoms with Crippen LogP contribution < -0.4 is 4.74 Å². The fourth-order valence-corrected chi connectivity index (χ4v) is 3.06. The molecule has 0 saturated carbocycles. The van der Waals surface area contributed by atoms with E-state index in [0.717, 1.165) is 22.5 Å². The number of hydrogen-bond donors (Lipinski definition) is 0. The van der Waals surface area contributed by atoms with Gasteiger partial charge in [-0.25, -0.2) is 19.3 Å². The monoisotopic (exact) mass is 609 g/mol. The maximum absolute atomic E-state index is 6.29. The summed E-state index contributed by atoms with van der Waals surface area (Å²) < 4.78 is 9.65. The largest absolute Gasteiger partial charge is 2.00 e. The molecule has 0 aliphatic rings. The fourth-order valence-electron chi connectivity index (χ4n) is 3.06. The second kappa shape index (κ2) is 8.99. The molecule has 0 radical (unpaired) electrons. The van der Waals surface area contributed by atoms with Crippen molar-refractivity contribution in [3.63, 3.8) is 0 Å². The Morgan fingerprint density at radius 2 is 1.09 bits per heavy atom. The topological polar surface area (TPSA) is 70.7 Å². The Labute approximate surface area is 203 Å². The minimum atomic E-state index is -0.0780. The molecule has 0 amide bonds. The number of hydrogen-bond acceptors (Lipinski definition) is 5. The molecule has 8 heteroatoms. The van der Waals surface area contributed by atoms with Crippen LogP contribution in [0.3, 0.4) is 0 Å². The Hall–Kier alpha value is -2.79. The molecule has 4 rings (SSSR count). The summed E-state index contributed by atoms with van der Waals surface area (Å²) in [5, 5.41) is 8.49. The zero-order valence-corrected chi connectivity index (χ0v) is 21.3. The molecule has 0 bridgehead atoms. The van der Waals surface area contributed by atoms with Crippen LogP contribution in [0.15, 0.2) is 49.6 Å². The van der Waals surface area contributed by atoms with E-state index in [4.69, 9.17) is 4.74 Å². The Kier molecular flexibility index (Phi) is 6.70. The first-order valence-corrected chi connectivity index (χ1v) is 10.1. The van der Waals surface area contributed by atoms with E-state index in [2.05, 4.69) is 86.0 Å². The standard InChI is InChI=1S/C24H26N6O.Pt/c1-23(2,3)17-7-19(29-15-25-13-27-29)11-21(9-17)31-22-10-18(24(4,5)6)8-20(12-22)30-16-26-14-28-30;/h7-10,13-16H,1-6H3;/q-2;+2. The van der Waals surface area contributed by atoms with Gasteiger partial charge in [0.05, 0.1) is 0 Å². The SMILES string of the molecule is CC(C)(C)c1cc(Oc2[c-]c(-n3cncn3)cc(C(C)(C)C)c2)[c-]c(-n2cncn2)c1.[Pt+2]. The average molecular weight is 610 g/mol. The van der Waals surface area contributed by atoms with Gasteiger partial charge >= 0.3 is 21.1 Å². The molecule has 0 aliphatic carbocycles. The first-order valence-electron chi connectivity index (χ1n) is 10.1. The van der Waals surface area contributed by atoms with Crippen LogP contribution in [0, 0.1) is 12.1 Å². The molecule has 0 spiro atoms. The molecule has 2 heterocycles. The van der Waals surface area contributed by atoms with Gasteiger partial charge in [0, 0.05) is 11.5 Å². The van der Waals surface area contributed by atoms with Crippen molar-refractivity contribution in [3.05, 3.63) is 72.8 Å². The molecule has 0 aliphatic heterocycles. The molecule has 0 N–H and O–H groups in total. The van der Waals surface area contributed by atoms with Gasteiger partial charge in [0.1, 0.15) is 25.3 Å². The van der Waals surface area contributed by atoms with E-state index in [1.807, 2.05) is 12.1 Å². The summed E-state index contributed by atoms with van der Waals surface area (Å²) in [6, 6.07) is 14.7. The molecule has 32 heavy (non-hydrogen) atoms. The van der Waals surface area contributed by atoms with E-state index in [0.29, 0.717) is 11.5 Å². The van der Waals surface area contributed by atoms with E-state index < -0.39 is 0 Å². The third kappa shape index (κ3) is 5.33. The Balaban J connectivity index is 0.00000289. The van der Waals surface area contributed by atoms with Gasteiger partial charge in [0.25, 0.3) is 0 Å². The minimum Gasteiger partial charge on any atom is -0.509 e. The number of rotatable bonds is 4. The normalized spacial score (nSPS) is 11.8. The number of ether oxygens (including phenoxy) is 1. The van der Waals surface area contributed by atoms with Gasteiger partial charge < -0.3 is 4.74 Å². The molecule has 0 fully saturated rings. The van der Waals surface area contributed by atoms with Crippen molar-refractivity contribution in [3.8, 4) is 22.9 Å². The first kappa shape index (κ1) is 23.9. The van der Waals surface area contributed by atoms with Crippen molar-refractivity contribution in [2.24, 2.45) is 0 Å². The van der Waals surface area contributed by atoms with E-state index in [9.17, 15) is 0 Å². The maximum atomic E-state index is 6.29. The third-order valence-corrected chi connectivity index (χ3v) is 4.94. The quantitative estimate of drug-likeness (QED) is 0.310. The summed E-state index contributed by atoms with van der Waals surface area (Å²) in [5.41, 5.74) is 3.59. The molecule has 168 valence electrons. The van der Waals surface area contributed by atoms with Crippen molar-refractivity contribution in [1.29, 1.82) is 0 Å². The van der Waals surface area contributed by atoms with Crippen molar-refractivity contribution in [2.75, 3.05) is 0 Å². The fraction of sp³-hybridized carbons (Fsp3) is 0.333. The van der Waals surface area contributed by atoms with Crippen LogP contribution in [0.5, 0.6) is 11.5 Å². The summed E-state index contributed by atoms with van der Waals surface area (Å²) in [5.74, 6) is 1.18. The van der Waals surface area contributed by atoms with Crippen molar-refractivity contribution in [2.45, 2.75) is 52.4 Å². The molecular weight excluding hydrogens is 583 g/mol. The Morgan fingerprint density at radius 3 is 1.41 bits per heavy atom. The minimum absolute atomic E-state index is 0. The molecule has 0 saturated heterocycles. The number of nitrogens with zero attached hydrogens (tertiary/aromatic N) is 6. The summed E-state index contributed by atoms with van der Waals surface area (Å²) >= 11 is 0. The van der Waals surface area contributed by atoms with Crippen molar-refractivity contribution in [1.82, 2.24) is 29.5 Å². The second-order valence-corrected chi connectivity index (χ2v) is 9.52. The number of aromatic nitrogens is 6. The smallest absolute Gasteiger partial charge is 0.509 e. The summed E-state index contributed by atoms with van der Waals surface area (Å²) in [6.07, 6.45) is 6.31. The Morgan fingerprint density at radius 1 is 0.688 bits per heavy atom. The van der Waals surface area contributed by atoms with E-state index in [1.54, 1.807) is 22.0 Å². The van der Waals surface area contributed by atoms with Gasteiger partial charge in [-0.3, -0.25) is 0 Å². The van der Waals surface area contributed by atoms with E-state index >= 15 is 0 Å². The van der Waals surface area contributed by atoms with Gasteiger partial charge in [0.2, 0.25) is 0 Å². The summed E-state index contributed by atoms with van der Waals surface area (Å²) in [6.45, 7) is 13.0. The average Bonchev–Trinajstić information content (AvgIpc) is 3.40. The van der Waals surface area contributed by atoms with Crippen LogP contribution in [-0.4, -0.2) is 29.5 Å². The van der Waals surface area contributed by atoms with Crippen LogP contribution >= 0.6 is 0 Å². The van der Waals surface area contributed by atoms with Gasteiger partial charge in [-0.1, -0.05) is 41.5 Å². The molecule has 2 aromatic carbocycles. The zero-order valence-electron chi connectivity index (χ0n) is 19.0. The molecule has 0 atom stereocenters. The molecule has 2 aromatic heterocycles. The predicted octanol–water partition coefficient (Wildman–Crippen LogP) is 4.83. The van der Waals surface area contributed by atoms with Crippen LogP contribution in [-0.2, 0) is 31.9 Å².